The Balaban J connectivity index is 1.77. The smallest absolute Gasteiger partial charge is 0.259 e. The van der Waals surface area contributed by atoms with Gasteiger partial charge in [0.15, 0.2) is 5.65 Å². The number of carbonyl (C=O) groups is 1. The number of fused-ring (bicyclic) bond motifs is 1. The summed E-state index contributed by atoms with van der Waals surface area (Å²) in [5, 5.41) is 4.22. The monoisotopic (exact) mass is 343 g/mol. The number of benzene rings is 1. The maximum absolute atomic E-state index is 13.2. The summed E-state index contributed by atoms with van der Waals surface area (Å²) in [4.78, 5) is 23.7. The molecule has 0 spiro atoms. The van der Waals surface area contributed by atoms with Crippen molar-refractivity contribution in [3.63, 3.8) is 0 Å². The molecule has 0 aliphatic heterocycles. The van der Waals surface area contributed by atoms with Gasteiger partial charge < -0.3 is 4.90 Å². The molecule has 3 heterocycles. The third-order valence-corrected chi connectivity index (χ3v) is 4.30. The van der Waals surface area contributed by atoms with Crippen LogP contribution < -0.4 is 0 Å². The normalized spacial score (nSPS) is 12.0. The Morgan fingerprint density at radius 3 is 2.54 bits per heavy atom. The number of rotatable bonds is 4. The Kier molecular flexibility index (Phi) is 4.15. The van der Waals surface area contributed by atoms with E-state index in [1.807, 2.05) is 48.5 Å². The third-order valence-electron chi connectivity index (χ3n) is 4.30. The molecule has 0 aliphatic carbocycles. The highest BCUT2D eigenvalue weighted by molar-refractivity contribution is 5.99. The van der Waals surface area contributed by atoms with Crippen LogP contribution in [0, 0.1) is 0 Å². The lowest BCUT2D eigenvalue weighted by Gasteiger charge is -2.28. The van der Waals surface area contributed by atoms with Crippen molar-refractivity contribution in [3.05, 3.63) is 96.2 Å². The summed E-state index contributed by atoms with van der Waals surface area (Å²) < 4.78 is 1.60. The van der Waals surface area contributed by atoms with Crippen molar-refractivity contribution >= 4 is 11.6 Å². The van der Waals surface area contributed by atoms with Crippen molar-refractivity contribution < 1.29 is 4.79 Å². The van der Waals surface area contributed by atoms with E-state index < -0.39 is 0 Å². The van der Waals surface area contributed by atoms with Crippen molar-refractivity contribution in [2.45, 2.75) is 6.04 Å². The Bertz CT molecular complexity index is 990. The molecular formula is C20H17N5O. The molecule has 1 unspecified atom stereocenters. The first-order valence-corrected chi connectivity index (χ1v) is 8.27. The minimum atomic E-state index is -0.302. The first-order chi connectivity index (χ1) is 12.8. The van der Waals surface area contributed by atoms with E-state index in [1.165, 1.54) is 0 Å². The summed E-state index contributed by atoms with van der Waals surface area (Å²) >= 11 is 0. The molecule has 4 rings (SSSR count). The van der Waals surface area contributed by atoms with Crippen LogP contribution in [0.4, 0.5) is 0 Å². The predicted octanol–water partition coefficient (Wildman–Crippen LogP) is 2.99. The van der Waals surface area contributed by atoms with Crippen molar-refractivity contribution in [2.75, 3.05) is 7.05 Å². The fourth-order valence-corrected chi connectivity index (χ4v) is 3.05. The summed E-state index contributed by atoms with van der Waals surface area (Å²) in [7, 11) is 1.78. The molecule has 1 aromatic carbocycles. The lowest BCUT2D eigenvalue weighted by Crippen LogP contribution is -2.32. The molecule has 6 nitrogen and oxygen atoms in total. The van der Waals surface area contributed by atoms with Crippen LogP contribution in [0.5, 0.6) is 0 Å². The van der Waals surface area contributed by atoms with Gasteiger partial charge in [-0.1, -0.05) is 36.4 Å². The van der Waals surface area contributed by atoms with Crippen LogP contribution in [-0.2, 0) is 0 Å². The molecule has 0 aliphatic rings. The van der Waals surface area contributed by atoms with Crippen molar-refractivity contribution in [1.29, 1.82) is 0 Å². The molecule has 1 amide bonds. The summed E-state index contributed by atoms with van der Waals surface area (Å²) in [6.07, 6.45) is 6.72. The van der Waals surface area contributed by atoms with Gasteiger partial charge in [-0.15, -0.1) is 0 Å². The molecule has 4 aromatic rings. The van der Waals surface area contributed by atoms with Gasteiger partial charge in [0, 0.05) is 25.6 Å². The van der Waals surface area contributed by atoms with Crippen LogP contribution in [0.25, 0.3) is 5.65 Å². The number of hydrogen-bond acceptors (Lipinski definition) is 4. The van der Waals surface area contributed by atoms with Gasteiger partial charge in [0.25, 0.3) is 5.91 Å². The van der Waals surface area contributed by atoms with E-state index in [-0.39, 0.29) is 11.9 Å². The highest BCUT2D eigenvalue weighted by Crippen LogP contribution is 2.27. The number of pyridine rings is 1. The van der Waals surface area contributed by atoms with Gasteiger partial charge in [-0.05, 0) is 23.8 Å². The van der Waals surface area contributed by atoms with Gasteiger partial charge in [0.2, 0.25) is 0 Å². The molecule has 128 valence electrons. The zero-order valence-electron chi connectivity index (χ0n) is 14.2. The van der Waals surface area contributed by atoms with Crippen LogP contribution in [0.2, 0.25) is 0 Å². The minimum Gasteiger partial charge on any atom is -0.329 e. The largest absolute Gasteiger partial charge is 0.329 e. The second kappa shape index (κ2) is 6.76. The number of amides is 1. The lowest BCUT2D eigenvalue weighted by molar-refractivity contribution is 0.0754. The van der Waals surface area contributed by atoms with Gasteiger partial charge in [-0.2, -0.15) is 5.10 Å². The topological polar surface area (TPSA) is 63.4 Å². The second-order valence-electron chi connectivity index (χ2n) is 5.93. The molecule has 0 fully saturated rings. The van der Waals surface area contributed by atoms with Crippen molar-refractivity contribution in [3.8, 4) is 0 Å². The molecular weight excluding hydrogens is 326 g/mol. The third kappa shape index (κ3) is 2.82. The molecule has 1 atom stereocenters. The van der Waals surface area contributed by atoms with Gasteiger partial charge in [-0.3, -0.25) is 9.78 Å². The number of hydrogen-bond donors (Lipinski definition) is 0. The summed E-state index contributed by atoms with van der Waals surface area (Å²) in [5.74, 6) is -0.154. The first kappa shape index (κ1) is 16.0. The molecule has 0 radical (unpaired) electrons. The summed E-state index contributed by atoms with van der Waals surface area (Å²) in [6, 6.07) is 17.1. The molecule has 0 bridgehead atoms. The SMILES string of the molecule is CN(C(=O)c1cnn2cccnc12)C(c1ccccc1)c1ccccn1. The van der Waals surface area contributed by atoms with E-state index in [1.54, 1.807) is 47.3 Å². The van der Waals surface area contributed by atoms with Gasteiger partial charge >= 0.3 is 0 Å². The van der Waals surface area contributed by atoms with Crippen molar-refractivity contribution in [2.24, 2.45) is 0 Å². The number of carbonyl (C=O) groups excluding carboxylic acids is 1. The van der Waals surface area contributed by atoms with E-state index in [4.69, 9.17) is 0 Å². The summed E-state index contributed by atoms with van der Waals surface area (Å²) in [6.45, 7) is 0. The van der Waals surface area contributed by atoms with Gasteiger partial charge in [-0.25, -0.2) is 9.50 Å². The highest BCUT2D eigenvalue weighted by atomic mass is 16.2. The first-order valence-electron chi connectivity index (χ1n) is 8.27. The number of nitrogens with zero attached hydrogens (tertiary/aromatic N) is 5. The van der Waals surface area contributed by atoms with E-state index in [0.29, 0.717) is 11.2 Å². The zero-order valence-corrected chi connectivity index (χ0v) is 14.2. The lowest BCUT2D eigenvalue weighted by atomic mass is 10.0. The molecule has 26 heavy (non-hydrogen) atoms. The van der Waals surface area contributed by atoms with Crippen LogP contribution in [-0.4, -0.2) is 37.4 Å². The quantitative estimate of drug-likeness (QED) is 0.571. The maximum atomic E-state index is 13.2. The zero-order chi connectivity index (χ0) is 17.9. The Morgan fingerprint density at radius 1 is 1.00 bits per heavy atom. The molecule has 3 aromatic heterocycles. The average Bonchev–Trinajstić information content (AvgIpc) is 3.13. The molecule has 0 N–H and O–H groups in total. The standard InChI is InChI=1S/C20H17N5O/c1-24(20(26)16-14-23-25-13-7-12-22-19(16)25)18(15-8-3-2-4-9-15)17-10-5-6-11-21-17/h2-14,18H,1H3. The van der Waals surface area contributed by atoms with E-state index in [2.05, 4.69) is 15.1 Å². The average molecular weight is 343 g/mol. The van der Waals surface area contributed by atoms with Crippen LogP contribution in [0.3, 0.4) is 0 Å². The van der Waals surface area contributed by atoms with Gasteiger partial charge in [0.05, 0.1) is 17.9 Å². The fourth-order valence-electron chi connectivity index (χ4n) is 3.05. The molecule has 0 saturated heterocycles. The fraction of sp³-hybridized carbons (Fsp3) is 0.100. The van der Waals surface area contributed by atoms with E-state index in [9.17, 15) is 4.79 Å². The Labute approximate surface area is 150 Å². The van der Waals surface area contributed by atoms with Gasteiger partial charge in [0.1, 0.15) is 5.56 Å². The molecule has 6 heteroatoms. The Hall–Kier alpha value is -3.54. The second-order valence-corrected chi connectivity index (χ2v) is 5.93. The number of aromatic nitrogens is 4. The molecule has 0 saturated carbocycles. The Morgan fingerprint density at radius 2 is 1.77 bits per heavy atom. The van der Waals surface area contributed by atoms with Crippen LogP contribution >= 0.6 is 0 Å². The van der Waals surface area contributed by atoms with E-state index >= 15 is 0 Å². The van der Waals surface area contributed by atoms with Crippen LogP contribution in [0.1, 0.15) is 27.7 Å². The van der Waals surface area contributed by atoms with E-state index in [0.717, 1.165) is 11.3 Å². The van der Waals surface area contributed by atoms with Crippen LogP contribution in [0.15, 0.2) is 79.4 Å². The highest BCUT2D eigenvalue weighted by Gasteiger charge is 2.27. The van der Waals surface area contributed by atoms with Crippen molar-refractivity contribution in [1.82, 2.24) is 24.5 Å². The summed E-state index contributed by atoms with van der Waals surface area (Å²) in [5.41, 5.74) is 2.80. The maximum Gasteiger partial charge on any atom is 0.259 e. The predicted molar refractivity (Wildman–Crippen MR) is 97.6 cm³/mol. The minimum absolute atomic E-state index is 0.154.